The first-order chi connectivity index (χ1) is 11.7. The number of nitrogens with one attached hydrogen (secondary N) is 2. The molecule has 1 rings (SSSR count). The number of hydrogen-bond acceptors (Lipinski definition) is 5. The van der Waals surface area contributed by atoms with Gasteiger partial charge in [-0.25, -0.2) is 18.3 Å². The molecule has 0 saturated heterocycles. The first-order valence-electron chi connectivity index (χ1n) is 7.01. The molecule has 0 saturated carbocycles. The largest absolute Gasteiger partial charge is 0.383 e. The molecule has 0 aliphatic heterocycles. The summed E-state index contributed by atoms with van der Waals surface area (Å²) < 4.78 is 32.4. The van der Waals surface area contributed by atoms with Crippen molar-refractivity contribution in [1.82, 2.24) is 4.72 Å². The maximum absolute atomic E-state index is 13.2. The average Bonchev–Trinajstić information content (AvgIpc) is 2.54. The van der Waals surface area contributed by atoms with Crippen LogP contribution in [0.1, 0.15) is 0 Å². The van der Waals surface area contributed by atoms with Crippen LogP contribution in [0.3, 0.4) is 0 Å². The number of methoxy groups -OCH3 is 1. The number of ether oxygens (including phenoxy) is 1. The van der Waals surface area contributed by atoms with Crippen LogP contribution in [0.25, 0.3) is 0 Å². The van der Waals surface area contributed by atoms with Gasteiger partial charge < -0.3 is 16.2 Å². The van der Waals surface area contributed by atoms with Crippen LogP contribution >= 0.6 is 15.9 Å². The summed E-state index contributed by atoms with van der Waals surface area (Å²) in [4.78, 5) is 8.07. The number of halogens is 2. The third kappa shape index (κ3) is 7.38. The average molecular weight is 435 g/mol. The van der Waals surface area contributed by atoms with Crippen LogP contribution in [0.4, 0.5) is 10.1 Å². The zero-order chi connectivity index (χ0) is 19.0. The Morgan fingerprint density at radius 1 is 1.48 bits per heavy atom. The van der Waals surface area contributed by atoms with Gasteiger partial charge in [-0.1, -0.05) is 0 Å². The molecule has 6 N–H and O–H groups in total. The van der Waals surface area contributed by atoms with Crippen LogP contribution in [0.5, 0.6) is 0 Å². The molecule has 0 spiro atoms. The molecule has 8 nitrogen and oxygen atoms in total. The van der Waals surface area contributed by atoms with Crippen LogP contribution in [-0.4, -0.2) is 54.2 Å². The quantitative estimate of drug-likeness (QED) is 0.337. The van der Waals surface area contributed by atoms with Crippen molar-refractivity contribution >= 4 is 50.0 Å². The number of rotatable bonds is 9. The summed E-state index contributed by atoms with van der Waals surface area (Å²) in [7, 11) is 0.268. The lowest BCUT2D eigenvalue weighted by Crippen LogP contribution is -2.39. The molecular weight excluding hydrogens is 415 g/mol. The Morgan fingerprint density at radius 3 is 2.72 bits per heavy atom. The number of nitrogens with zero attached hydrogens (tertiary/aromatic N) is 2. The maximum Gasteiger partial charge on any atom is 0.153 e. The molecule has 0 heterocycles. The summed E-state index contributed by atoms with van der Waals surface area (Å²) in [6.45, 7) is 0.424. The van der Waals surface area contributed by atoms with Gasteiger partial charge in [0.2, 0.25) is 0 Å². The highest BCUT2D eigenvalue weighted by Crippen LogP contribution is 2.21. The topological polar surface area (TPSA) is 139 Å². The number of amidine groups is 2. The summed E-state index contributed by atoms with van der Waals surface area (Å²) in [5.41, 5.74) is 11.6. The second-order valence-corrected chi connectivity index (χ2v) is 6.92. The Morgan fingerprint density at radius 2 is 2.16 bits per heavy atom. The Kier molecular flexibility index (Phi) is 8.83. The molecule has 0 bridgehead atoms. The van der Waals surface area contributed by atoms with Gasteiger partial charge in [0, 0.05) is 13.4 Å². The molecule has 25 heavy (non-hydrogen) atoms. The third-order valence-electron chi connectivity index (χ3n) is 2.85. The van der Waals surface area contributed by atoms with E-state index in [-0.39, 0.29) is 41.0 Å². The molecule has 2 atom stereocenters. The van der Waals surface area contributed by atoms with E-state index in [1.165, 1.54) is 31.6 Å². The van der Waals surface area contributed by atoms with Gasteiger partial charge >= 0.3 is 0 Å². The molecule has 138 valence electrons. The second kappa shape index (κ2) is 10.3. The zero-order valence-corrected chi connectivity index (χ0v) is 16.2. The van der Waals surface area contributed by atoms with Gasteiger partial charge in [0.1, 0.15) is 17.4 Å². The Hall–Kier alpha value is -1.69. The van der Waals surface area contributed by atoms with Gasteiger partial charge in [-0.3, -0.25) is 10.4 Å². The summed E-state index contributed by atoms with van der Waals surface area (Å²) in [6, 6.07) is 3.75. The van der Waals surface area contributed by atoms with Gasteiger partial charge in [0.05, 0.1) is 40.3 Å². The van der Waals surface area contributed by atoms with Crippen LogP contribution in [-0.2, 0) is 15.7 Å². The normalized spacial score (nSPS) is 15.0. The van der Waals surface area contributed by atoms with E-state index < -0.39 is 16.8 Å². The Bertz CT molecular complexity index is 713. The summed E-state index contributed by atoms with van der Waals surface area (Å²) in [5, 5.41) is 7.92. The van der Waals surface area contributed by atoms with Gasteiger partial charge in [-0.2, -0.15) is 0 Å². The number of benzene rings is 1. The minimum Gasteiger partial charge on any atom is -0.383 e. The van der Waals surface area contributed by atoms with Crippen LogP contribution in [0.15, 0.2) is 32.7 Å². The molecule has 0 aliphatic rings. The van der Waals surface area contributed by atoms with E-state index in [0.29, 0.717) is 5.69 Å². The molecule has 1 aromatic rings. The van der Waals surface area contributed by atoms with E-state index in [1.54, 1.807) is 0 Å². The fourth-order valence-electron chi connectivity index (χ4n) is 1.73. The van der Waals surface area contributed by atoms with Crippen molar-refractivity contribution in [2.45, 2.75) is 6.04 Å². The van der Waals surface area contributed by atoms with E-state index in [1.807, 2.05) is 0 Å². The summed E-state index contributed by atoms with van der Waals surface area (Å²) in [6.07, 6.45) is 1.49. The molecule has 0 aliphatic carbocycles. The van der Waals surface area contributed by atoms with E-state index in [4.69, 9.17) is 21.6 Å². The van der Waals surface area contributed by atoms with Crippen LogP contribution in [0, 0.1) is 11.2 Å². The molecule has 0 amide bonds. The van der Waals surface area contributed by atoms with E-state index >= 15 is 0 Å². The van der Waals surface area contributed by atoms with Crippen molar-refractivity contribution in [2.75, 3.05) is 26.5 Å². The molecule has 0 aromatic heterocycles. The van der Waals surface area contributed by atoms with Crippen molar-refractivity contribution in [1.29, 1.82) is 5.41 Å². The monoisotopic (exact) mass is 434 g/mol. The van der Waals surface area contributed by atoms with Gasteiger partial charge in [0.25, 0.3) is 0 Å². The predicted octanol–water partition coefficient (Wildman–Crippen LogP) is 0.852. The maximum atomic E-state index is 13.2. The molecule has 1 aromatic carbocycles. The van der Waals surface area contributed by atoms with Crippen molar-refractivity contribution in [3.63, 3.8) is 0 Å². The second-order valence-electron chi connectivity index (χ2n) is 4.92. The minimum atomic E-state index is -1.24. The lowest BCUT2D eigenvalue weighted by atomic mass is 10.3. The smallest absolute Gasteiger partial charge is 0.153 e. The number of nitrogens with two attached hydrogens (primary N) is 2. The molecule has 0 fully saturated rings. The van der Waals surface area contributed by atoms with E-state index in [0.717, 1.165) is 0 Å². The highest BCUT2D eigenvalue weighted by Gasteiger charge is 2.12. The third-order valence-corrected chi connectivity index (χ3v) is 4.12. The molecule has 2 unspecified atom stereocenters. The van der Waals surface area contributed by atoms with Crippen LogP contribution in [0.2, 0.25) is 0 Å². The molecule has 0 radical (unpaired) electrons. The minimum absolute atomic E-state index is 0.118. The lowest BCUT2D eigenvalue weighted by Gasteiger charge is -2.14. The summed E-state index contributed by atoms with van der Waals surface area (Å²) in [5.74, 6) is -0.707. The van der Waals surface area contributed by atoms with Gasteiger partial charge in [-0.05, 0) is 34.1 Å². The first-order valence-corrected chi connectivity index (χ1v) is 9.36. The van der Waals surface area contributed by atoms with Gasteiger partial charge in [-0.15, -0.1) is 0 Å². The first kappa shape index (κ1) is 21.4. The zero-order valence-electron chi connectivity index (χ0n) is 13.8. The highest BCUT2D eigenvalue weighted by atomic mass is 79.9. The van der Waals surface area contributed by atoms with Gasteiger partial charge in [0.15, 0.2) is 5.84 Å². The van der Waals surface area contributed by atoms with Crippen molar-refractivity contribution < 1.29 is 13.3 Å². The van der Waals surface area contributed by atoms with E-state index in [9.17, 15) is 8.60 Å². The Labute approximate surface area is 156 Å². The predicted molar refractivity (Wildman–Crippen MR) is 102 cm³/mol. The highest BCUT2D eigenvalue weighted by molar-refractivity contribution is 9.10. The lowest BCUT2D eigenvalue weighted by molar-refractivity contribution is 0.177. The molecular formula is C14H20BrFN6O2S. The van der Waals surface area contributed by atoms with Crippen molar-refractivity contribution in [2.24, 2.45) is 21.5 Å². The summed E-state index contributed by atoms with van der Waals surface area (Å²) >= 11 is 3.05. The Balaban J connectivity index is 2.83. The number of hydrogen-bond donors (Lipinski definition) is 4. The standard InChI is InChI=1S/C14H20BrFN6O2S/c1-24-7-9(22-25(2)23)6-20-13(18)12(17)14(19)21-8-3-4-11(16)10(15)5-8/h3-5,9,17,22H,6-7H2,1-2H3,(H2,18,20)(H2,19,21). The van der Waals surface area contributed by atoms with Crippen LogP contribution < -0.4 is 16.2 Å². The van der Waals surface area contributed by atoms with Crippen molar-refractivity contribution in [3.8, 4) is 0 Å². The molecule has 11 heteroatoms. The fourth-order valence-corrected chi connectivity index (χ4v) is 2.71. The fraction of sp³-hybridized carbons (Fsp3) is 0.357. The van der Waals surface area contributed by atoms with E-state index in [2.05, 4.69) is 30.6 Å². The SMILES string of the molecule is COCC(CN=C(N)C(=N)C(N)=Nc1ccc(F)c(Br)c1)NS(C)=O. The van der Waals surface area contributed by atoms with Crippen molar-refractivity contribution in [3.05, 3.63) is 28.5 Å². The number of aliphatic imine (C=N–C) groups is 2.